The number of ether oxygens (including phenoxy) is 2. The molecular weight excluding hydrogens is 130 g/mol. The highest BCUT2D eigenvalue weighted by Crippen LogP contribution is 2.10. The van der Waals surface area contributed by atoms with E-state index in [-0.39, 0.29) is 12.4 Å². The highest BCUT2D eigenvalue weighted by molar-refractivity contribution is 4.92. The summed E-state index contributed by atoms with van der Waals surface area (Å²) >= 11 is 0. The largest absolute Gasteiger partial charge is 0.352 e. The summed E-state index contributed by atoms with van der Waals surface area (Å²) in [6.45, 7) is 0.560. The van der Waals surface area contributed by atoms with E-state index in [1.807, 2.05) is 12.2 Å². The number of nitrogens with two attached hydrogens (primary N) is 1. The van der Waals surface area contributed by atoms with Crippen molar-refractivity contribution in [3.63, 3.8) is 0 Å². The summed E-state index contributed by atoms with van der Waals surface area (Å²) in [4.78, 5) is 0. The van der Waals surface area contributed by atoms with Crippen LogP contribution >= 0.6 is 0 Å². The van der Waals surface area contributed by atoms with E-state index in [1.54, 1.807) is 7.11 Å². The topological polar surface area (TPSA) is 44.5 Å². The van der Waals surface area contributed by atoms with Crippen molar-refractivity contribution in [1.29, 1.82) is 0 Å². The zero-order chi connectivity index (χ0) is 7.40. The van der Waals surface area contributed by atoms with Gasteiger partial charge in [-0.1, -0.05) is 6.08 Å². The van der Waals surface area contributed by atoms with Crippen molar-refractivity contribution < 1.29 is 9.47 Å². The molecule has 1 rings (SSSR count). The van der Waals surface area contributed by atoms with E-state index in [0.29, 0.717) is 6.54 Å². The molecule has 0 saturated heterocycles. The quantitative estimate of drug-likeness (QED) is 0.564. The Morgan fingerprint density at radius 3 is 3.20 bits per heavy atom. The highest BCUT2D eigenvalue weighted by Gasteiger charge is 2.15. The van der Waals surface area contributed by atoms with E-state index in [0.717, 1.165) is 6.42 Å². The lowest BCUT2D eigenvalue weighted by Crippen LogP contribution is -2.31. The zero-order valence-electron chi connectivity index (χ0n) is 6.12. The third kappa shape index (κ3) is 1.80. The Bertz CT molecular complexity index is 125. The SMILES string of the molecule is CO[C@@H]1C=CC[C@@H](CN)O1. The Balaban J connectivity index is 2.38. The first kappa shape index (κ1) is 7.72. The first-order valence-electron chi connectivity index (χ1n) is 3.42. The predicted molar refractivity (Wildman–Crippen MR) is 38.5 cm³/mol. The van der Waals surface area contributed by atoms with Crippen LogP contribution in [0.5, 0.6) is 0 Å². The Morgan fingerprint density at radius 2 is 2.60 bits per heavy atom. The summed E-state index contributed by atoms with van der Waals surface area (Å²) in [6, 6.07) is 0. The molecule has 0 aromatic rings. The maximum Gasteiger partial charge on any atom is 0.176 e. The van der Waals surface area contributed by atoms with Gasteiger partial charge >= 0.3 is 0 Å². The molecule has 0 amide bonds. The number of rotatable bonds is 2. The van der Waals surface area contributed by atoms with Gasteiger partial charge in [-0.3, -0.25) is 0 Å². The lowest BCUT2D eigenvalue weighted by molar-refractivity contribution is -0.128. The highest BCUT2D eigenvalue weighted by atomic mass is 16.7. The minimum absolute atomic E-state index is 0.134. The number of hydrogen-bond acceptors (Lipinski definition) is 3. The third-order valence-electron chi connectivity index (χ3n) is 1.51. The van der Waals surface area contributed by atoms with Gasteiger partial charge in [0.1, 0.15) is 0 Å². The molecule has 58 valence electrons. The molecule has 0 aromatic heterocycles. The average molecular weight is 143 g/mol. The van der Waals surface area contributed by atoms with Crippen LogP contribution in [0.15, 0.2) is 12.2 Å². The molecule has 0 spiro atoms. The van der Waals surface area contributed by atoms with Crippen LogP contribution < -0.4 is 5.73 Å². The van der Waals surface area contributed by atoms with Crippen LogP contribution in [0.1, 0.15) is 6.42 Å². The Labute approximate surface area is 60.8 Å². The van der Waals surface area contributed by atoms with Crippen LogP contribution in [0.4, 0.5) is 0 Å². The second kappa shape index (κ2) is 3.71. The van der Waals surface area contributed by atoms with Crippen LogP contribution in [0.2, 0.25) is 0 Å². The fraction of sp³-hybridized carbons (Fsp3) is 0.714. The van der Waals surface area contributed by atoms with E-state index in [9.17, 15) is 0 Å². The molecule has 0 aromatic carbocycles. The zero-order valence-corrected chi connectivity index (χ0v) is 6.12. The Morgan fingerprint density at radius 1 is 1.80 bits per heavy atom. The van der Waals surface area contributed by atoms with Crippen LogP contribution in [-0.4, -0.2) is 26.0 Å². The van der Waals surface area contributed by atoms with Crippen molar-refractivity contribution in [2.75, 3.05) is 13.7 Å². The summed E-state index contributed by atoms with van der Waals surface area (Å²) in [5, 5.41) is 0. The molecule has 0 fully saturated rings. The van der Waals surface area contributed by atoms with Gasteiger partial charge in [0.2, 0.25) is 0 Å². The summed E-state index contributed by atoms with van der Waals surface area (Å²) in [5.74, 6) is 0. The lowest BCUT2D eigenvalue weighted by Gasteiger charge is -2.23. The molecule has 10 heavy (non-hydrogen) atoms. The molecule has 3 heteroatoms. The van der Waals surface area contributed by atoms with Crippen LogP contribution in [0.3, 0.4) is 0 Å². The summed E-state index contributed by atoms with van der Waals surface area (Å²) in [7, 11) is 1.62. The molecule has 2 atom stereocenters. The normalized spacial score (nSPS) is 32.6. The van der Waals surface area contributed by atoms with Crippen molar-refractivity contribution in [3.05, 3.63) is 12.2 Å². The van der Waals surface area contributed by atoms with Crippen molar-refractivity contribution >= 4 is 0 Å². The van der Waals surface area contributed by atoms with Gasteiger partial charge in [0.15, 0.2) is 6.29 Å². The van der Waals surface area contributed by atoms with Gasteiger partial charge in [-0.25, -0.2) is 0 Å². The fourth-order valence-electron chi connectivity index (χ4n) is 0.918. The summed E-state index contributed by atoms with van der Waals surface area (Å²) in [5.41, 5.74) is 5.41. The van der Waals surface area contributed by atoms with Crippen LogP contribution in [0, 0.1) is 0 Å². The standard InChI is InChI=1S/C7H13NO2/c1-9-7-4-2-3-6(5-8)10-7/h2,4,6-7H,3,5,8H2,1H3/t6-,7-/m0/s1. The summed E-state index contributed by atoms with van der Waals surface area (Å²) in [6.07, 6.45) is 4.77. The predicted octanol–water partition coefficient (Wildman–Crippen LogP) is 0.263. The van der Waals surface area contributed by atoms with Crippen molar-refractivity contribution in [2.45, 2.75) is 18.8 Å². The third-order valence-corrected chi connectivity index (χ3v) is 1.51. The van der Waals surface area contributed by atoms with Crippen LogP contribution in [0.25, 0.3) is 0 Å². The van der Waals surface area contributed by atoms with E-state index < -0.39 is 0 Å². The molecule has 0 aliphatic carbocycles. The van der Waals surface area contributed by atoms with E-state index in [4.69, 9.17) is 15.2 Å². The first-order valence-corrected chi connectivity index (χ1v) is 3.42. The molecular formula is C7H13NO2. The van der Waals surface area contributed by atoms with Gasteiger partial charge in [0.25, 0.3) is 0 Å². The molecule has 3 nitrogen and oxygen atoms in total. The lowest BCUT2D eigenvalue weighted by atomic mass is 10.2. The van der Waals surface area contributed by atoms with Gasteiger partial charge in [-0.2, -0.15) is 0 Å². The van der Waals surface area contributed by atoms with Gasteiger partial charge in [-0.15, -0.1) is 0 Å². The molecule has 1 aliphatic heterocycles. The van der Waals surface area contributed by atoms with Gasteiger partial charge in [0, 0.05) is 13.7 Å². The second-order valence-corrected chi connectivity index (χ2v) is 2.26. The van der Waals surface area contributed by atoms with E-state index in [2.05, 4.69) is 0 Å². The van der Waals surface area contributed by atoms with Gasteiger partial charge in [-0.05, 0) is 12.5 Å². The van der Waals surface area contributed by atoms with Crippen molar-refractivity contribution in [2.24, 2.45) is 5.73 Å². The molecule has 1 aliphatic rings. The molecule has 0 radical (unpaired) electrons. The minimum Gasteiger partial charge on any atom is -0.352 e. The Hall–Kier alpha value is -0.380. The molecule has 2 N–H and O–H groups in total. The average Bonchev–Trinajstić information content (AvgIpc) is 2.05. The van der Waals surface area contributed by atoms with E-state index in [1.165, 1.54) is 0 Å². The van der Waals surface area contributed by atoms with Gasteiger partial charge in [0.05, 0.1) is 6.10 Å². The molecule has 0 unspecified atom stereocenters. The van der Waals surface area contributed by atoms with Gasteiger partial charge < -0.3 is 15.2 Å². The maximum absolute atomic E-state index is 5.41. The maximum atomic E-state index is 5.41. The number of methoxy groups -OCH3 is 1. The van der Waals surface area contributed by atoms with E-state index >= 15 is 0 Å². The molecule has 1 heterocycles. The smallest absolute Gasteiger partial charge is 0.176 e. The minimum atomic E-state index is -0.192. The number of hydrogen-bond donors (Lipinski definition) is 1. The first-order chi connectivity index (χ1) is 4.86. The second-order valence-electron chi connectivity index (χ2n) is 2.26. The fourth-order valence-corrected chi connectivity index (χ4v) is 0.918. The summed E-state index contributed by atoms with van der Waals surface area (Å²) < 4.78 is 10.3. The van der Waals surface area contributed by atoms with Crippen LogP contribution in [-0.2, 0) is 9.47 Å². The molecule has 0 saturated carbocycles. The van der Waals surface area contributed by atoms with Crippen molar-refractivity contribution in [1.82, 2.24) is 0 Å². The van der Waals surface area contributed by atoms with Crippen molar-refractivity contribution in [3.8, 4) is 0 Å². The Kier molecular flexibility index (Phi) is 2.86. The molecule has 0 bridgehead atoms. The monoisotopic (exact) mass is 143 g/mol.